The number of nitrogens with one attached hydrogen (secondary N) is 1. The SMILES string of the molecule is O=P(Oc1ccccc1)(Oc1ccccc1)[C@]1(c2ccccc2)CN1. The van der Waals surface area contributed by atoms with Crippen molar-refractivity contribution in [2.45, 2.75) is 5.28 Å². The summed E-state index contributed by atoms with van der Waals surface area (Å²) in [6.45, 7) is 0.536. The van der Waals surface area contributed by atoms with E-state index < -0.39 is 12.9 Å². The average Bonchev–Trinajstić information content (AvgIpc) is 3.47. The van der Waals surface area contributed by atoms with Crippen molar-refractivity contribution in [1.82, 2.24) is 5.32 Å². The summed E-state index contributed by atoms with van der Waals surface area (Å²) in [7, 11) is -3.59. The van der Waals surface area contributed by atoms with E-state index >= 15 is 0 Å². The second-order valence-corrected chi connectivity index (χ2v) is 8.01. The third-order valence-electron chi connectivity index (χ3n) is 4.17. The molecule has 4 nitrogen and oxygen atoms in total. The molecule has 0 saturated carbocycles. The van der Waals surface area contributed by atoms with E-state index in [0.29, 0.717) is 18.0 Å². The Kier molecular flexibility index (Phi) is 4.08. The fourth-order valence-electron chi connectivity index (χ4n) is 2.77. The van der Waals surface area contributed by atoms with Gasteiger partial charge in [-0.1, -0.05) is 66.7 Å². The van der Waals surface area contributed by atoms with E-state index in [1.807, 2.05) is 66.7 Å². The molecule has 5 heteroatoms. The molecular weight excluding hydrogens is 333 g/mol. The molecule has 0 bridgehead atoms. The maximum atomic E-state index is 13.9. The second-order valence-electron chi connectivity index (χ2n) is 5.89. The van der Waals surface area contributed by atoms with Crippen LogP contribution in [-0.2, 0) is 9.85 Å². The molecular formula is C20H18NO3P. The van der Waals surface area contributed by atoms with Gasteiger partial charge in [-0.15, -0.1) is 0 Å². The number of hydrogen-bond acceptors (Lipinski definition) is 4. The summed E-state index contributed by atoms with van der Waals surface area (Å²) < 4.78 is 25.8. The van der Waals surface area contributed by atoms with Gasteiger partial charge in [-0.25, -0.2) is 4.57 Å². The summed E-state index contributed by atoms with van der Waals surface area (Å²) in [6, 6.07) is 27.9. The lowest BCUT2D eigenvalue weighted by atomic mass is 10.1. The van der Waals surface area contributed by atoms with Crippen molar-refractivity contribution in [3.8, 4) is 11.5 Å². The van der Waals surface area contributed by atoms with Crippen LogP contribution in [0.1, 0.15) is 5.56 Å². The molecule has 1 heterocycles. The van der Waals surface area contributed by atoms with Gasteiger partial charge in [-0.2, -0.15) is 0 Å². The Morgan fingerprint density at radius 3 is 1.52 bits per heavy atom. The van der Waals surface area contributed by atoms with Gasteiger partial charge >= 0.3 is 7.60 Å². The standard InChI is InChI=1S/C20H18NO3P/c22-25(23-18-12-6-2-7-13-18,24-19-14-8-3-9-15-19)20(16-21-20)17-10-4-1-5-11-17/h1-15,21H,16H2/t20-/m0/s1. The van der Waals surface area contributed by atoms with Crippen LogP contribution in [0.5, 0.6) is 11.5 Å². The molecule has 1 atom stereocenters. The highest BCUT2D eigenvalue weighted by atomic mass is 31.2. The average molecular weight is 351 g/mol. The zero-order valence-corrected chi connectivity index (χ0v) is 14.4. The van der Waals surface area contributed by atoms with Crippen LogP contribution >= 0.6 is 7.60 Å². The molecule has 0 amide bonds. The normalized spacial score (nSPS) is 19.2. The van der Waals surface area contributed by atoms with E-state index in [2.05, 4.69) is 5.32 Å². The zero-order valence-electron chi connectivity index (χ0n) is 13.5. The van der Waals surface area contributed by atoms with E-state index in [0.717, 1.165) is 5.56 Å². The van der Waals surface area contributed by atoms with Gasteiger partial charge in [0.05, 0.1) is 0 Å². The molecule has 0 aliphatic carbocycles. The van der Waals surface area contributed by atoms with Crippen molar-refractivity contribution in [1.29, 1.82) is 0 Å². The summed E-state index contributed by atoms with van der Waals surface area (Å²) in [5, 5.41) is 2.40. The fourth-order valence-corrected chi connectivity index (χ4v) is 4.85. The van der Waals surface area contributed by atoms with E-state index in [1.165, 1.54) is 0 Å². The third kappa shape index (κ3) is 3.07. The number of hydrogen-bond donors (Lipinski definition) is 1. The molecule has 25 heavy (non-hydrogen) atoms. The first kappa shape index (κ1) is 15.9. The molecule has 3 aromatic rings. The van der Waals surface area contributed by atoms with Crippen molar-refractivity contribution in [2.75, 3.05) is 6.54 Å². The predicted molar refractivity (Wildman–Crippen MR) is 97.9 cm³/mol. The monoisotopic (exact) mass is 351 g/mol. The van der Waals surface area contributed by atoms with Crippen molar-refractivity contribution >= 4 is 7.60 Å². The van der Waals surface area contributed by atoms with Crippen molar-refractivity contribution in [3.05, 3.63) is 96.6 Å². The van der Waals surface area contributed by atoms with Crippen LogP contribution in [0.15, 0.2) is 91.0 Å². The Morgan fingerprint density at radius 1 is 0.720 bits per heavy atom. The van der Waals surface area contributed by atoms with Gasteiger partial charge in [-0.05, 0) is 29.8 Å². The van der Waals surface area contributed by atoms with Gasteiger partial charge in [0, 0.05) is 6.54 Å². The van der Waals surface area contributed by atoms with Gasteiger partial charge in [0.15, 0.2) is 5.28 Å². The molecule has 1 aliphatic rings. The number of benzene rings is 3. The molecule has 1 N–H and O–H groups in total. The highest BCUT2D eigenvalue weighted by Crippen LogP contribution is 2.67. The van der Waals surface area contributed by atoms with E-state index in [1.54, 1.807) is 24.3 Å². The molecule has 0 unspecified atom stereocenters. The van der Waals surface area contributed by atoms with Crippen LogP contribution in [-0.4, -0.2) is 6.54 Å². The van der Waals surface area contributed by atoms with Gasteiger partial charge in [-0.3, -0.25) is 5.32 Å². The third-order valence-corrected chi connectivity index (χ3v) is 6.58. The highest BCUT2D eigenvalue weighted by molar-refractivity contribution is 7.56. The van der Waals surface area contributed by atoms with Gasteiger partial charge in [0.25, 0.3) is 0 Å². The summed E-state index contributed by atoms with van der Waals surface area (Å²) in [4.78, 5) is 0. The van der Waals surface area contributed by atoms with Gasteiger partial charge in [0.2, 0.25) is 0 Å². The minimum atomic E-state index is -3.59. The summed E-state index contributed by atoms with van der Waals surface area (Å²) in [6.07, 6.45) is 0. The quantitative estimate of drug-likeness (QED) is 0.512. The van der Waals surface area contributed by atoms with Crippen LogP contribution in [0.3, 0.4) is 0 Å². The Bertz CT molecular complexity index is 835. The molecule has 4 rings (SSSR count). The van der Waals surface area contributed by atoms with E-state index in [4.69, 9.17) is 9.05 Å². The fraction of sp³-hybridized carbons (Fsp3) is 0.100. The number of para-hydroxylation sites is 2. The van der Waals surface area contributed by atoms with Gasteiger partial charge < -0.3 is 9.05 Å². The van der Waals surface area contributed by atoms with Crippen LogP contribution < -0.4 is 14.4 Å². The minimum absolute atomic E-state index is 0.519. The zero-order chi connectivity index (χ0) is 17.2. The molecule has 1 aliphatic heterocycles. The summed E-state index contributed by atoms with van der Waals surface area (Å²) in [5.74, 6) is 1.04. The lowest BCUT2D eigenvalue weighted by Crippen LogP contribution is -2.21. The first-order valence-corrected chi connectivity index (χ1v) is 9.66. The first-order chi connectivity index (χ1) is 12.2. The Hall–Kier alpha value is -2.55. The molecule has 0 radical (unpaired) electrons. The highest BCUT2D eigenvalue weighted by Gasteiger charge is 2.64. The second kappa shape index (κ2) is 6.40. The van der Waals surface area contributed by atoms with Crippen LogP contribution in [0, 0.1) is 0 Å². The number of rotatable bonds is 6. The van der Waals surface area contributed by atoms with Crippen molar-refractivity contribution < 1.29 is 13.6 Å². The van der Waals surface area contributed by atoms with Crippen LogP contribution in [0.4, 0.5) is 0 Å². The molecule has 1 fully saturated rings. The largest absolute Gasteiger partial charge is 0.456 e. The first-order valence-electron chi connectivity index (χ1n) is 8.12. The van der Waals surface area contributed by atoms with Crippen molar-refractivity contribution in [3.63, 3.8) is 0 Å². The van der Waals surface area contributed by atoms with Gasteiger partial charge in [0.1, 0.15) is 11.5 Å². The van der Waals surface area contributed by atoms with Crippen molar-refractivity contribution in [2.24, 2.45) is 0 Å². The summed E-state index contributed by atoms with van der Waals surface area (Å²) >= 11 is 0. The molecule has 126 valence electrons. The molecule has 1 saturated heterocycles. The van der Waals surface area contributed by atoms with E-state index in [-0.39, 0.29) is 0 Å². The summed E-state index contributed by atoms with van der Waals surface area (Å²) in [5.41, 5.74) is 0.894. The lowest BCUT2D eigenvalue weighted by molar-refractivity contribution is 0.367. The Morgan fingerprint density at radius 2 is 1.12 bits per heavy atom. The Labute approximate surface area is 147 Å². The lowest BCUT2D eigenvalue weighted by Gasteiger charge is -2.26. The smallest absolute Gasteiger partial charge is 0.415 e. The molecule has 0 aromatic heterocycles. The molecule has 0 spiro atoms. The van der Waals surface area contributed by atoms with E-state index in [9.17, 15) is 4.57 Å². The Balaban J connectivity index is 1.75. The predicted octanol–water partition coefficient (Wildman–Crippen LogP) is 4.79. The molecule has 3 aromatic carbocycles. The maximum absolute atomic E-state index is 13.9. The van der Waals surface area contributed by atoms with Crippen LogP contribution in [0.25, 0.3) is 0 Å². The van der Waals surface area contributed by atoms with Crippen LogP contribution in [0.2, 0.25) is 0 Å². The maximum Gasteiger partial charge on any atom is 0.456 e. The minimum Gasteiger partial charge on any atom is -0.415 e. The topological polar surface area (TPSA) is 57.5 Å².